The molecule has 3 heterocycles. The summed E-state index contributed by atoms with van der Waals surface area (Å²) >= 11 is 1.86. The van der Waals surface area contributed by atoms with Crippen LogP contribution in [0.15, 0.2) is 127 Å². The summed E-state index contributed by atoms with van der Waals surface area (Å²) in [5, 5.41) is 17.0. The molecule has 9 rings (SSSR count). The zero-order valence-electron chi connectivity index (χ0n) is 21.9. The minimum Gasteiger partial charge on any atom is -0.309 e. The van der Waals surface area contributed by atoms with Crippen molar-refractivity contribution in [2.45, 2.75) is 0 Å². The maximum Gasteiger partial charge on any atom is 0.0998 e. The van der Waals surface area contributed by atoms with Crippen molar-refractivity contribution >= 4 is 75.1 Å². The molecule has 0 aliphatic carbocycles. The average Bonchev–Trinajstić information content (AvgIpc) is 3.68. The molecule has 0 aliphatic heterocycles. The van der Waals surface area contributed by atoms with Gasteiger partial charge in [0, 0.05) is 42.7 Å². The zero-order valence-corrected chi connectivity index (χ0v) is 22.7. The van der Waals surface area contributed by atoms with Crippen molar-refractivity contribution in [2.24, 2.45) is 0 Å². The van der Waals surface area contributed by atoms with Gasteiger partial charge in [0.05, 0.1) is 44.1 Å². The van der Waals surface area contributed by atoms with Crippen LogP contribution in [0, 0.1) is 11.3 Å². The summed E-state index contributed by atoms with van der Waals surface area (Å²) in [6.07, 6.45) is 0. The molecule has 0 fully saturated rings. The molecule has 0 aliphatic rings. The van der Waals surface area contributed by atoms with E-state index in [4.69, 9.17) is 0 Å². The Morgan fingerprint density at radius 2 is 1.17 bits per heavy atom. The molecule has 0 spiro atoms. The first kappa shape index (κ1) is 22.4. The van der Waals surface area contributed by atoms with E-state index in [1.165, 1.54) is 47.7 Å². The standard InChI is InChI=1S/C37H21N3S/c38-22-23-9-7-16-33-36(23)28-12-2-5-15-31(28)39(33)24-19-20-32-29(21-24)25-10-1-4-14-30(25)40(32)34-17-8-13-27-26-11-3-6-18-35(26)41-37(27)34/h1-21H. The van der Waals surface area contributed by atoms with Gasteiger partial charge in [-0.05, 0) is 54.6 Å². The van der Waals surface area contributed by atoms with Crippen molar-refractivity contribution in [3.63, 3.8) is 0 Å². The van der Waals surface area contributed by atoms with Crippen molar-refractivity contribution in [3.8, 4) is 17.4 Å². The Balaban J connectivity index is 1.38. The van der Waals surface area contributed by atoms with Crippen molar-refractivity contribution in [3.05, 3.63) is 133 Å². The normalized spacial score (nSPS) is 11.9. The molecule has 190 valence electrons. The molecule has 0 saturated heterocycles. The van der Waals surface area contributed by atoms with Crippen molar-refractivity contribution in [1.82, 2.24) is 9.13 Å². The molecule has 41 heavy (non-hydrogen) atoms. The third-order valence-corrected chi connectivity index (χ3v) is 9.57. The lowest BCUT2D eigenvalue weighted by atomic mass is 10.1. The highest BCUT2D eigenvalue weighted by molar-refractivity contribution is 7.26. The van der Waals surface area contributed by atoms with Crippen LogP contribution >= 0.6 is 11.3 Å². The fourth-order valence-electron chi connectivity index (χ4n) is 6.66. The van der Waals surface area contributed by atoms with Crippen LogP contribution in [0.2, 0.25) is 0 Å². The number of benzene rings is 6. The molecular weight excluding hydrogens is 518 g/mol. The number of nitrogens with zero attached hydrogens (tertiary/aromatic N) is 3. The molecule has 3 aromatic heterocycles. The summed E-state index contributed by atoms with van der Waals surface area (Å²) < 4.78 is 7.32. The second kappa shape index (κ2) is 8.32. The van der Waals surface area contributed by atoms with Crippen LogP contribution < -0.4 is 0 Å². The van der Waals surface area contributed by atoms with E-state index in [0.29, 0.717) is 5.56 Å². The molecule has 0 unspecified atom stereocenters. The quantitative estimate of drug-likeness (QED) is 0.215. The smallest absolute Gasteiger partial charge is 0.0998 e. The summed E-state index contributed by atoms with van der Waals surface area (Å²) in [6, 6.07) is 47.6. The van der Waals surface area contributed by atoms with E-state index in [0.717, 1.165) is 27.5 Å². The second-order valence-corrected chi connectivity index (χ2v) is 11.5. The topological polar surface area (TPSA) is 33.6 Å². The fourth-order valence-corrected chi connectivity index (χ4v) is 7.86. The highest BCUT2D eigenvalue weighted by Gasteiger charge is 2.19. The van der Waals surface area contributed by atoms with E-state index in [1.54, 1.807) is 0 Å². The van der Waals surface area contributed by atoms with E-state index in [2.05, 4.69) is 124 Å². The minimum absolute atomic E-state index is 0.701. The minimum atomic E-state index is 0.701. The first-order valence-corrected chi connectivity index (χ1v) is 14.5. The molecule has 3 nitrogen and oxygen atoms in total. The molecule has 6 aromatic carbocycles. The summed E-state index contributed by atoms with van der Waals surface area (Å²) in [6.45, 7) is 0. The molecule has 0 N–H and O–H groups in total. The van der Waals surface area contributed by atoms with Gasteiger partial charge in [0.1, 0.15) is 0 Å². The highest BCUT2D eigenvalue weighted by Crippen LogP contribution is 2.42. The van der Waals surface area contributed by atoms with Crippen LogP contribution in [0.1, 0.15) is 5.56 Å². The van der Waals surface area contributed by atoms with Crippen molar-refractivity contribution in [1.29, 1.82) is 5.26 Å². The number of rotatable bonds is 2. The number of para-hydroxylation sites is 2. The van der Waals surface area contributed by atoms with E-state index in [9.17, 15) is 5.26 Å². The zero-order chi connectivity index (χ0) is 27.1. The van der Waals surface area contributed by atoms with Gasteiger partial charge in [-0.3, -0.25) is 0 Å². The highest BCUT2D eigenvalue weighted by atomic mass is 32.1. The Hall–Kier alpha value is -5.37. The Morgan fingerprint density at radius 3 is 2.02 bits per heavy atom. The van der Waals surface area contributed by atoms with E-state index >= 15 is 0 Å². The molecule has 9 aromatic rings. The van der Waals surface area contributed by atoms with Crippen LogP contribution in [-0.2, 0) is 0 Å². The SMILES string of the molecule is N#Cc1cccc2c1c1ccccc1n2-c1ccc2c(c1)c1ccccc1n2-c1cccc2c1sc1ccccc12. The summed E-state index contributed by atoms with van der Waals surface area (Å²) in [5.74, 6) is 0. The average molecular weight is 540 g/mol. The van der Waals surface area contributed by atoms with Gasteiger partial charge in [0.15, 0.2) is 0 Å². The van der Waals surface area contributed by atoms with Gasteiger partial charge in [-0.2, -0.15) is 5.26 Å². The number of nitriles is 1. The van der Waals surface area contributed by atoms with Crippen molar-refractivity contribution < 1.29 is 0 Å². The lowest BCUT2D eigenvalue weighted by Crippen LogP contribution is -1.96. The van der Waals surface area contributed by atoms with Crippen LogP contribution in [0.5, 0.6) is 0 Å². The molecule has 0 amide bonds. The number of fused-ring (bicyclic) bond motifs is 9. The Bertz CT molecular complexity index is 2550. The van der Waals surface area contributed by atoms with Gasteiger partial charge in [0.25, 0.3) is 0 Å². The van der Waals surface area contributed by atoms with Gasteiger partial charge < -0.3 is 9.13 Å². The van der Waals surface area contributed by atoms with Gasteiger partial charge >= 0.3 is 0 Å². The van der Waals surface area contributed by atoms with E-state index in [-0.39, 0.29) is 0 Å². The maximum absolute atomic E-state index is 9.91. The predicted molar refractivity (Wildman–Crippen MR) is 173 cm³/mol. The number of thiophene rings is 1. The van der Waals surface area contributed by atoms with Crippen molar-refractivity contribution in [2.75, 3.05) is 0 Å². The predicted octanol–water partition coefficient (Wildman–Crippen LogP) is 10.1. The number of hydrogen-bond acceptors (Lipinski definition) is 2. The molecule has 4 heteroatoms. The number of hydrogen-bond donors (Lipinski definition) is 0. The largest absolute Gasteiger partial charge is 0.309 e. The monoisotopic (exact) mass is 539 g/mol. The molecule has 0 atom stereocenters. The lowest BCUT2D eigenvalue weighted by Gasteiger charge is -2.11. The Labute approximate surface area is 239 Å². The lowest BCUT2D eigenvalue weighted by molar-refractivity contribution is 1.17. The fraction of sp³-hybridized carbons (Fsp3) is 0. The van der Waals surface area contributed by atoms with Gasteiger partial charge in [0.2, 0.25) is 0 Å². The third kappa shape index (κ3) is 3.01. The van der Waals surface area contributed by atoms with E-state index in [1.807, 2.05) is 29.5 Å². The first-order valence-electron chi connectivity index (χ1n) is 13.7. The summed E-state index contributed by atoms with van der Waals surface area (Å²) in [5.41, 5.74) is 7.51. The second-order valence-electron chi connectivity index (χ2n) is 10.5. The molecule has 0 bridgehead atoms. The summed E-state index contributed by atoms with van der Waals surface area (Å²) in [4.78, 5) is 0. The third-order valence-electron chi connectivity index (χ3n) is 8.36. The van der Waals surface area contributed by atoms with E-state index < -0.39 is 0 Å². The first-order chi connectivity index (χ1) is 20.3. The molecular formula is C37H21N3S. The van der Waals surface area contributed by atoms with Crippen LogP contribution in [0.4, 0.5) is 0 Å². The number of aromatic nitrogens is 2. The van der Waals surface area contributed by atoms with Gasteiger partial charge in [-0.25, -0.2) is 0 Å². The molecule has 0 radical (unpaired) electrons. The molecule has 0 saturated carbocycles. The van der Waals surface area contributed by atoms with Gasteiger partial charge in [-0.1, -0.05) is 72.8 Å². The van der Waals surface area contributed by atoms with Crippen LogP contribution in [-0.4, -0.2) is 9.13 Å². The summed E-state index contributed by atoms with van der Waals surface area (Å²) in [7, 11) is 0. The van der Waals surface area contributed by atoms with Crippen LogP contribution in [0.25, 0.3) is 75.2 Å². The Kier molecular flexibility index (Phi) is 4.55. The Morgan fingerprint density at radius 1 is 0.512 bits per heavy atom. The van der Waals surface area contributed by atoms with Crippen LogP contribution in [0.3, 0.4) is 0 Å². The maximum atomic E-state index is 9.91. The van der Waals surface area contributed by atoms with Gasteiger partial charge in [-0.15, -0.1) is 11.3 Å².